The summed E-state index contributed by atoms with van der Waals surface area (Å²) in [6.45, 7) is 3.27. The highest BCUT2D eigenvalue weighted by atomic mass is 79.9. The van der Waals surface area contributed by atoms with E-state index < -0.39 is 15.1 Å². The van der Waals surface area contributed by atoms with Crippen LogP contribution in [0.3, 0.4) is 0 Å². The molecule has 1 aromatic rings. The monoisotopic (exact) mass is 266 g/mol. The van der Waals surface area contributed by atoms with Gasteiger partial charge in [0.2, 0.25) is 15.0 Å². The largest absolute Gasteiger partial charge is 0.313 e. The first-order chi connectivity index (χ1) is 5.87. The van der Waals surface area contributed by atoms with Crippen molar-refractivity contribution in [1.82, 2.24) is 9.55 Å². The van der Waals surface area contributed by atoms with Crippen LogP contribution in [0.4, 0.5) is 0 Å². The lowest BCUT2D eigenvalue weighted by atomic mass is 10.6. The molecule has 6 heteroatoms. The Hall–Kier alpha value is -0.360. The first-order valence-corrected chi connectivity index (χ1v) is 6.12. The van der Waals surface area contributed by atoms with Gasteiger partial charge in [0.15, 0.2) is 0 Å². The highest BCUT2D eigenvalue weighted by Crippen LogP contribution is 2.18. The lowest BCUT2D eigenvalue weighted by molar-refractivity contribution is 0.569. The summed E-state index contributed by atoms with van der Waals surface area (Å²) in [5.74, 6) is 0. The number of hydrogen-bond donors (Lipinski definition) is 0. The van der Waals surface area contributed by atoms with Crippen LogP contribution in [0.1, 0.15) is 13.8 Å². The zero-order chi connectivity index (χ0) is 10.2. The normalized spacial score (nSPS) is 12.4. The van der Waals surface area contributed by atoms with Crippen molar-refractivity contribution in [3.8, 4) is 0 Å². The Morgan fingerprint density at radius 1 is 1.54 bits per heavy atom. The second-order valence-corrected chi connectivity index (χ2v) is 6.23. The molecular weight excluding hydrogens is 256 g/mol. The molecular formula is C7H11BrN2O2S. The van der Waals surface area contributed by atoms with Crippen molar-refractivity contribution in [2.24, 2.45) is 7.05 Å². The smallest absolute Gasteiger partial charge is 0.228 e. The van der Waals surface area contributed by atoms with Crippen LogP contribution in [0.5, 0.6) is 0 Å². The van der Waals surface area contributed by atoms with Crippen molar-refractivity contribution in [3.63, 3.8) is 0 Å². The van der Waals surface area contributed by atoms with Crippen LogP contribution in [0.25, 0.3) is 0 Å². The quantitative estimate of drug-likeness (QED) is 0.813. The average Bonchev–Trinajstić information content (AvgIpc) is 2.33. The summed E-state index contributed by atoms with van der Waals surface area (Å²) >= 11 is 3.19. The van der Waals surface area contributed by atoms with E-state index >= 15 is 0 Å². The van der Waals surface area contributed by atoms with Crippen molar-refractivity contribution in [2.45, 2.75) is 24.3 Å². The summed E-state index contributed by atoms with van der Waals surface area (Å²) in [4.78, 5) is 3.84. The van der Waals surface area contributed by atoms with Gasteiger partial charge in [-0.25, -0.2) is 13.4 Å². The Morgan fingerprint density at radius 2 is 2.08 bits per heavy atom. The van der Waals surface area contributed by atoms with Gasteiger partial charge >= 0.3 is 0 Å². The summed E-state index contributed by atoms with van der Waals surface area (Å²) in [5.41, 5.74) is 0. The molecule has 0 saturated carbocycles. The topological polar surface area (TPSA) is 52.0 Å². The molecule has 74 valence electrons. The number of halogens is 1. The molecule has 0 aliphatic heterocycles. The molecule has 0 fully saturated rings. The van der Waals surface area contributed by atoms with Crippen LogP contribution in [-0.4, -0.2) is 23.2 Å². The van der Waals surface area contributed by atoms with Crippen LogP contribution < -0.4 is 0 Å². The van der Waals surface area contributed by atoms with E-state index in [2.05, 4.69) is 20.9 Å². The molecule has 0 N–H and O–H groups in total. The van der Waals surface area contributed by atoms with Crippen LogP contribution in [0, 0.1) is 0 Å². The maximum atomic E-state index is 11.7. The third-order valence-electron chi connectivity index (χ3n) is 1.76. The van der Waals surface area contributed by atoms with Gasteiger partial charge in [0.05, 0.1) is 11.4 Å². The van der Waals surface area contributed by atoms with Crippen LogP contribution in [0.15, 0.2) is 16.0 Å². The Kier molecular flexibility index (Phi) is 2.82. The Labute approximate surface area is 86.0 Å². The van der Waals surface area contributed by atoms with Gasteiger partial charge in [-0.1, -0.05) is 0 Å². The van der Waals surface area contributed by atoms with E-state index in [4.69, 9.17) is 0 Å². The van der Waals surface area contributed by atoms with Gasteiger partial charge in [0.25, 0.3) is 0 Å². The van der Waals surface area contributed by atoms with Gasteiger partial charge in [0.1, 0.15) is 4.60 Å². The second-order valence-electron chi connectivity index (χ2n) is 3.02. The van der Waals surface area contributed by atoms with E-state index in [1.807, 2.05) is 0 Å². The van der Waals surface area contributed by atoms with Gasteiger partial charge in [-0.05, 0) is 29.8 Å². The molecule has 0 aliphatic carbocycles. The molecule has 0 radical (unpaired) electrons. The lowest BCUT2D eigenvalue weighted by Gasteiger charge is -2.06. The molecule has 0 unspecified atom stereocenters. The maximum absolute atomic E-state index is 11.7. The van der Waals surface area contributed by atoms with Crippen LogP contribution >= 0.6 is 15.9 Å². The molecule has 0 amide bonds. The highest BCUT2D eigenvalue weighted by molar-refractivity contribution is 9.10. The molecule has 0 aliphatic rings. The molecule has 0 aromatic carbocycles. The summed E-state index contributed by atoms with van der Waals surface area (Å²) in [5, 5.41) is -0.338. The van der Waals surface area contributed by atoms with Gasteiger partial charge in [-0.2, -0.15) is 0 Å². The van der Waals surface area contributed by atoms with E-state index in [0.717, 1.165) is 0 Å². The number of hydrogen-bond acceptors (Lipinski definition) is 3. The van der Waals surface area contributed by atoms with Crippen LogP contribution in [0.2, 0.25) is 0 Å². The molecule has 13 heavy (non-hydrogen) atoms. The van der Waals surface area contributed by atoms with Crippen LogP contribution in [-0.2, 0) is 16.9 Å². The molecule has 0 atom stereocenters. The fourth-order valence-corrected chi connectivity index (χ4v) is 2.34. The van der Waals surface area contributed by atoms with Crippen molar-refractivity contribution >= 4 is 25.8 Å². The molecule has 0 spiro atoms. The van der Waals surface area contributed by atoms with Gasteiger partial charge < -0.3 is 4.57 Å². The summed E-state index contributed by atoms with van der Waals surface area (Å²) < 4.78 is 25.5. The fraction of sp³-hybridized carbons (Fsp3) is 0.571. The van der Waals surface area contributed by atoms with Gasteiger partial charge in [-0.15, -0.1) is 0 Å². The number of sulfone groups is 1. The van der Waals surface area contributed by atoms with Gasteiger partial charge in [-0.3, -0.25) is 0 Å². The maximum Gasteiger partial charge on any atom is 0.228 e. The zero-order valence-corrected chi connectivity index (χ0v) is 10.1. The van der Waals surface area contributed by atoms with E-state index in [9.17, 15) is 8.42 Å². The number of nitrogens with zero attached hydrogens (tertiary/aromatic N) is 2. The summed E-state index contributed by atoms with van der Waals surface area (Å²) in [7, 11) is -1.61. The molecule has 1 heterocycles. The van der Waals surface area contributed by atoms with E-state index in [0.29, 0.717) is 4.60 Å². The third kappa shape index (κ3) is 1.78. The van der Waals surface area contributed by atoms with Crippen molar-refractivity contribution in [2.75, 3.05) is 0 Å². The SMILES string of the molecule is CC(C)S(=O)(=O)c1ncc(Br)n1C. The number of aromatic nitrogens is 2. The lowest BCUT2D eigenvalue weighted by Crippen LogP contribution is -2.18. The second kappa shape index (κ2) is 3.42. The van der Waals surface area contributed by atoms with E-state index in [1.54, 1.807) is 20.9 Å². The molecule has 0 bridgehead atoms. The minimum absolute atomic E-state index is 0.106. The fourth-order valence-electron chi connectivity index (χ4n) is 0.848. The van der Waals surface area contributed by atoms with E-state index in [-0.39, 0.29) is 5.16 Å². The zero-order valence-electron chi connectivity index (χ0n) is 7.65. The Balaban J connectivity index is 3.32. The first kappa shape index (κ1) is 10.7. The first-order valence-electron chi connectivity index (χ1n) is 3.78. The van der Waals surface area contributed by atoms with Crippen molar-refractivity contribution in [1.29, 1.82) is 0 Å². The Morgan fingerprint density at radius 3 is 2.38 bits per heavy atom. The van der Waals surface area contributed by atoms with E-state index in [1.165, 1.54) is 10.8 Å². The predicted octanol–water partition coefficient (Wildman–Crippen LogP) is 1.36. The minimum Gasteiger partial charge on any atom is -0.313 e. The molecule has 4 nitrogen and oxygen atoms in total. The highest BCUT2D eigenvalue weighted by Gasteiger charge is 2.24. The Bertz CT molecular complexity index is 408. The van der Waals surface area contributed by atoms with Gasteiger partial charge in [0, 0.05) is 7.05 Å². The summed E-state index contributed by atoms with van der Waals surface area (Å²) in [6, 6.07) is 0. The van der Waals surface area contributed by atoms with Crippen molar-refractivity contribution in [3.05, 3.63) is 10.8 Å². The third-order valence-corrected chi connectivity index (χ3v) is 4.63. The molecule has 1 aromatic heterocycles. The standard InChI is InChI=1S/C7H11BrN2O2S/c1-5(2)13(11,12)7-9-4-6(8)10(7)3/h4-5H,1-3H3. The molecule has 1 rings (SSSR count). The summed E-state index contributed by atoms with van der Waals surface area (Å²) in [6.07, 6.45) is 1.48. The van der Waals surface area contributed by atoms with Crippen molar-refractivity contribution < 1.29 is 8.42 Å². The number of rotatable bonds is 2. The predicted molar refractivity (Wildman–Crippen MR) is 53.2 cm³/mol. The number of imidazole rings is 1. The average molecular weight is 267 g/mol. The molecule has 0 saturated heterocycles. The minimum atomic E-state index is -3.26.